The van der Waals surface area contributed by atoms with Gasteiger partial charge in [0.15, 0.2) is 6.04 Å². The van der Waals surface area contributed by atoms with Gasteiger partial charge in [0.2, 0.25) is 11.8 Å². The first kappa shape index (κ1) is 34.7. The molecule has 3 rings (SSSR count). The van der Waals surface area contributed by atoms with Crippen molar-refractivity contribution in [3.63, 3.8) is 0 Å². The Morgan fingerprint density at radius 1 is 0.889 bits per heavy atom. The van der Waals surface area contributed by atoms with E-state index in [1.54, 1.807) is 60.7 Å². The van der Waals surface area contributed by atoms with Crippen LogP contribution in [-0.2, 0) is 51.3 Å². The summed E-state index contributed by atoms with van der Waals surface area (Å²) in [6.07, 6.45) is 2.28. The molecule has 1 heterocycles. The molecule has 0 aliphatic carbocycles. The number of benzene rings is 2. The van der Waals surface area contributed by atoms with Crippen LogP contribution in [-0.4, -0.2) is 80.0 Å². The Kier molecular flexibility index (Phi) is 15.1. The number of aliphatic hydroxyl groups excluding tert-OH is 1. The van der Waals surface area contributed by atoms with Crippen molar-refractivity contribution in [1.29, 1.82) is 0 Å². The molecule has 0 fully saturated rings. The molecule has 0 saturated carbocycles. The van der Waals surface area contributed by atoms with Gasteiger partial charge in [-0.05, 0) is 24.0 Å². The third kappa shape index (κ3) is 13.2. The smallest absolute Gasteiger partial charge is 0.408 e. The summed E-state index contributed by atoms with van der Waals surface area (Å²) in [5.74, 6) is -3.58. The number of rotatable bonds is 13. The molecular weight excluding hydrogens is 586 g/mol. The first-order valence-electron chi connectivity index (χ1n) is 14.6. The fourth-order valence-corrected chi connectivity index (χ4v) is 4.18. The molecule has 3 atom stereocenters. The zero-order valence-electron chi connectivity index (χ0n) is 24.9. The Balaban J connectivity index is 1.69. The Hall–Kier alpha value is -4.75. The van der Waals surface area contributed by atoms with E-state index in [-0.39, 0.29) is 58.8 Å². The summed E-state index contributed by atoms with van der Waals surface area (Å²) in [7, 11) is 0. The predicted molar refractivity (Wildman–Crippen MR) is 160 cm³/mol. The van der Waals surface area contributed by atoms with E-state index in [0.29, 0.717) is 5.56 Å². The predicted octanol–water partition coefficient (Wildman–Crippen LogP) is 1.53. The van der Waals surface area contributed by atoms with Gasteiger partial charge < -0.3 is 40.0 Å². The molecule has 13 nitrogen and oxygen atoms in total. The lowest BCUT2D eigenvalue weighted by atomic mass is 9.98. The highest BCUT2D eigenvalue weighted by atomic mass is 16.6. The zero-order chi connectivity index (χ0) is 32.3. The van der Waals surface area contributed by atoms with Crippen LogP contribution in [0.5, 0.6) is 0 Å². The monoisotopic (exact) mass is 625 g/mol. The van der Waals surface area contributed by atoms with E-state index in [1.807, 2.05) is 12.1 Å². The van der Waals surface area contributed by atoms with Crippen molar-refractivity contribution in [2.75, 3.05) is 33.0 Å². The lowest BCUT2D eigenvalue weighted by Crippen LogP contribution is -2.49. The second-order valence-electron chi connectivity index (χ2n) is 10.1. The number of allylic oxidation sites excluding steroid dienone is 1. The fourth-order valence-electron chi connectivity index (χ4n) is 4.18. The van der Waals surface area contributed by atoms with E-state index >= 15 is 0 Å². The summed E-state index contributed by atoms with van der Waals surface area (Å²) in [6, 6.07) is 15.4. The van der Waals surface area contributed by atoms with Crippen molar-refractivity contribution in [2.24, 2.45) is 5.92 Å². The van der Waals surface area contributed by atoms with Crippen LogP contribution in [0.3, 0.4) is 0 Å². The lowest BCUT2D eigenvalue weighted by molar-refractivity contribution is -0.156. The molecule has 45 heavy (non-hydrogen) atoms. The van der Waals surface area contributed by atoms with E-state index in [2.05, 4.69) is 16.0 Å². The fraction of sp³-hybridized carbons (Fsp3) is 0.406. The van der Waals surface area contributed by atoms with Crippen LogP contribution in [0.1, 0.15) is 30.4 Å². The van der Waals surface area contributed by atoms with Gasteiger partial charge in [0.05, 0.1) is 25.7 Å². The number of esters is 2. The number of aliphatic hydroxyl groups is 1. The summed E-state index contributed by atoms with van der Waals surface area (Å²) < 4.78 is 21.1. The maximum atomic E-state index is 13.3. The van der Waals surface area contributed by atoms with Crippen molar-refractivity contribution < 1.29 is 48.0 Å². The number of carbonyl (C=O) groups is 5. The number of ether oxygens (including phenoxy) is 4. The molecule has 242 valence electrons. The number of hydrogen-bond donors (Lipinski definition) is 4. The highest BCUT2D eigenvalue weighted by molar-refractivity contribution is 5.89. The zero-order valence-corrected chi connectivity index (χ0v) is 24.9. The summed E-state index contributed by atoms with van der Waals surface area (Å²) in [5, 5.41) is 16.5. The highest BCUT2D eigenvalue weighted by Crippen LogP contribution is 2.14. The molecule has 0 radical (unpaired) electrons. The van der Waals surface area contributed by atoms with Gasteiger partial charge in [-0.25, -0.2) is 14.4 Å². The largest absolute Gasteiger partial charge is 0.461 e. The van der Waals surface area contributed by atoms with Crippen LogP contribution in [0.15, 0.2) is 72.8 Å². The third-order valence-corrected chi connectivity index (χ3v) is 6.57. The molecule has 0 aromatic heterocycles. The minimum Gasteiger partial charge on any atom is -0.461 e. The van der Waals surface area contributed by atoms with Crippen molar-refractivity contribution in [3.05, 3.63) is 83.9 Å². The van der Waals surface area contributed by atoms with Crippen LogP contribution in [0.2, 0.25) is 0 Å². The van der Waals surface area contributed by atoms with E-state index in [4.69, 9.17) is 24.1 Å². The number of alkyl carbamates (subject to hydrolysis) is 1. The van der Waals surface area contributed by atoms with Gasteiger partial charge in [-0.1, -0.05) is 72.8 Å². The summed E-state index contributed by atoms with van der Waals surface area (Å²) in [5.41, 5.74) is 1.47. The van der Waals surface area contributed by atoms with Crippen LogP contribution >= 0.6 is 0 Å². The summed E-state index contributed by atoms with van der Waals surface area (Å²) >= 11 is 0. The molecule has 4 N–H and O–H groups in total. The van der Waals surface area contributed by atoms with Gasteiger partial charge in [-0.2, -0.15) is 0 Å². The second kappa shape index (κ2) is 19.5. The number of carbonyl (C=O) groups excluding carboxylic acids is 5. The van der Waals surface area contributed by atoms with Gasteiger partial charge in [0, 0.05) is 13.0 Å². The standard InChI is InChI=1S/C32H39N3O10/c36-16-18-42-17-15-33-28(37)19-25-13-7-8-14-26(35-32(41)45-21-24-11-5-2-6-12-24)30(39)44-22-27(34-29(25)38)31(40)43-20-23-9-3-1-4-10-23/h1-12,25-27,36H,13-22H2,(H,33,37)(H,34,38)(H,35,41). The SMILES string of the molecule is O=C(CC1CC=CCC(NC(=O)OCc2ccccc2)C(=O)OCC(C(=O)OCc2ccccc2)NC1=O)NCCOCCO. The molecule has 0 spiro atoms. The normalized spacial score (nSPS) is 18.7. The second-order valence-corrected chi connectivity index (χ2v) is 10.1. The van der Waals surface area contributed by atoms with Crippen molar-refractivity contribution in [1.82, 2.24) is 16.0 Å². The molecule has 2 aromatic rings. The molecule has 1 aliphatic heterocycles. The molecule has 3 amide bonds. The van der Waals surface area contributed by atoms with E-state index < -0.39 is 54.5 Å². The van der Waals surface area contributed by atoms with Gasteiger partial charge in [-0.15, -0.1) is 0 Å². The Labute approximate surface area is 261 Å². The minimum atomic E-state index is -1.38. The van der Waals surface area contributed by atoms with Crippen molar-refractivity contribution in [2.45, 2.75) is 44.6 Å². The Morgan fingerprint density at radius 2 is 1.53 bits per heavy atom. The Morgan fingerprint density at radius 3 is 2.20 bits per heavy atom. The average molecular weight is 626 g/mol. The molecule has 3 unspecified atom stereocenters. The molecular formula is C32H39N3O10. The number of amides is 3. The molecule has 2 aromatic carbocycles. The third-order valence-electron chi connectivity index (χ3n) is 6.57. The van der Waals surface area contributed by atoms with Crippen molar-refractivity contribution in [3.8, 4) is 0 Å². The topological polar surface area (TPSA) is 179 Å². The minimum absolute atomic E-state index is 0.00508. The summed E-state index contributed by atoms with van der Waals surface area (Å²) in [6.45, 7) is -0.294. The maximum absolute atomic E-state index is 13.3. The maximum Gasteiger partial charge on any atom is 0.408 e. The van der Waals surface area contributed by atoms with Crippen LogP contribution in [0, 0.1) is 5.92 Å². The van der Waals surface area contributed by atoms with Crippen molar-refractivity contribution >= 4 is 29.8 Å². The number of nitrogens with one attached hydrogen (secondary N) is 3. The first-order chi connectivity index (χ1) is 21.9. The van der Waals surface area contributed by atoms with E-state index in [0.717, 1.165) is 5.56 Å². The summed E-state index contributed by atoms with van der Waals surface area (Å²) in [4.78, 5) is 64.3. The molecule has 0 bridgehead atoms. The molecule has 13 heteroatoms. The highest BCUT2D eigenvalue weighted by Gasteiger charge is 2.31. The van der Waals surface area contributed by atoms with E-state index in [9.17, 15) is 24.0 Å². The van der Waals surface area contributed by atoms with Crippen LogP contribution in [0.4, 0.5) is 4.79 Å². The molecule has 1 aliphatic rings. The van der Waals surface area contributed by atoms with Gasteiger partial charge in [-0.3, -0.25) is 9.59 Å². The van der Waals surface area contributed by atoms with Gasteiger partial charge in [0.1, 0.15) is 25.9 Å². The quantitative estimate of drug-likeness (QED) is 0.110. The Bertz CT molecular complexity index is 1270. The first-order valence-corrected chi connectivity index (χ1v) is 14.6. The lowest BCUT2D eigenvalue weighted by Gasteiger charge is -2.23. The molecule has 0 saturated heterocycles. The van der Waals surface area contributed by atoms with Crippen LogP contribution in [0.25, 0.3) is 0 Å². The number of cyclic esters (lactones) is 1. The van der Waals surface area contributed by atoms with Gasteiger partial charge in [0.25, 0.3) is 0 Å². The van der Waals surface area contributed by atoms with E-state index in [1.165, 1.54) is 0 Å². The van der Waals surface area contributed by atoms with Gasteiger partial charge >= 0.3 is 18.0 Å². The van der Waals surface area contributed by atoms with Crippen LogP contribution < -0.4 is 16.0 Å². The average Bonchev–Trinajstić information content (AvgIpc) is 3.05. The number of hydrogen-bond acceptors (Lipinski definition) is 10.